The Hall–Kier alpha value is -6.64. The van der Waals surface area contributed by atoms with Crippen molar-refractivity contribution in [2.75, 3.05) is 0 Å². The summed E-state index contributed by atoms with van der Waals surface area (Å²) in [4.78, 5) is 0. The Bertz CT molecular complexity index is 3280. The Balaban J connectivity index is 0.943. The van der Waals surface area contributed by atoms with Crippen LogP contribution in [0.2, 0.25) is 0 Å². The Labute approximate surface area is 319 Å². The van der Waals surface area contributed by atoms with Crippen LogP contribution in [0.4, 0.5) is 0 Å². The number of para-hydroxylation sites is 1. The first-order valence-corrected chi connectivity index (χ1v) is 19.8. The largest absolute Gasteiger partial charge is 0.313 e. The minimum Gasteiger partial charge on any atom is -0.313 e. The Kier molecular flexibility index (Phi) is 6.68. The van der Waals surface area contributed by atoms with E-state index >= 15 is 0 Å². The van der Waals surface area contributed by atoms with E-state index in [-0.39, 0.29) is 0 Å². The van der Waals surface area contributed by atoms with Crippen molar-refractivity contribution in [3.8, 4) is 11.1 Å². The molecule has 0 bridgehead atoms. The van der Waals surface area contributed by atoms with Gasteiger partial charge in [-0.25, -0.2) is 0 Å². The van der Waals surface area contributed by atoms with Gasteiger partial charge in [-0.15, -0.1) is 0 Å². The van der Waals surface area contributed by atoms with Crippen molar-refractivity contribution < 1.29 is 0 Å². The standard InChI is InChI=1S/C53H38N2/c1-2-10-40(11-3-1)54-51-16-8-14-47(51)49-32-37(23-30-52(49)54)38-21-29-48-46-13-6-7-15-50(46)55(53(48)33-38)41-24-17-34(18-25-41)36-20-26-43-39(31-36)22-28-44-42-12-5-4-9-35(42)19-27-45(43)44/h2,4-15,17,19-24,26-33H,1,3,16,18,25H2. The summed E-state index contributed by atoms with van der Waals surface area (Å²) in [7, 11) is 0. The summed E-state index contributed by atoms with van der Waals surface area (Å²) < 4.78 is 5.01. The van der Waals surface area contributed by atoms with Crippen molar-refractivity contribution in [1.29, 1.82) is 0 Å². The highest BCUT2D eigenvalue weighted by molar-refractivity contribution is 6.17. The van der Waals surface area contributed by atoms with Crippen LogP contribution in [-0.4, -0.2) is 9.13 Å². The lowest BCUT2D eigenvalue weighted by molar-refractivity contribution is 0.983. The zero-order valence-corrected chi connectivity index (χ0v) is 30.6. The van der Waals surface area contributed by atoms with Crippen molar-refractivity contribution in [3.63, 3.8) is 0 Å². The number of hydrogen-bond donors (Lipinski definition) is 0. The third-order valence-electron chi connectivity index (χ3n) is 12.5. The van der Waals surface area contributed by atoms with Gasteiger partial charge in [-0.2, -0.15) is 0 Å². The molecule has 260 valence electrons. The molecular formula is C53H38N2. The molecule has 0 saturated carbocycles. The fraction of sp³-hybridized carbons (Fsp3) is 0.0943. The van der Waals surface area contributed by atoms with E-state index in [1.807, 2.05) is 0 Å². The fourth-order valence-electron chi connectivity index (χ4n) is 9.82. The quantitative estimate of drug-likeness (QED) is 0.162. The van der Waals surface area contributed by atoms with Gasteiger partial charge < -0.3 is 9.13 Å². The van der Waals surface area contributed by atoms with Gasteiger partial charge in [0.05, 0.1) is 16.6 Å². The number of benzene rings is 7. The van der Waals surface area contributed by atoms with Crippen LogP contribution >= 0.6 is 0 Å². The summed E-state index contributed by atoms with van der Waals surface area (Å²) >= 11 is 0. The second-order valence-corrected chi connectivity index (χ2v) is 15.5. The molecule has 0 radical (unpaired) electrons. The maximum absolute atomic E-state index is 2.52. The minimum absolute atomic E-state index is 0.980. The van der Waals surface area contributed by atoms with Gasteiger partial charge in [0.25, 0.3) is 0 Å². The number of hydrogen-bond acceptors (Lipinski definition) is 0. The van der Waals surface area contributed by atoms with Crippen molar-refractivity contribution in [3.05, 3.63) is 181 Å². The molecule has 3 aliphatic rings. The van der Waals surface area contributed by atoms with E-state index in [2.05, 4.69) is 179 Å². The third kappa shape index (κ3) is 4.68. The third-order valence-corrected chi connectivity index (χ3v) is 12.5. The van der Waals surface area contributed by atoms with E-state index in [0.29, 0.717) is 0 Å². The van der Waals surface area contributed by atoms with Gasteiger partial charge in [-0.05, 0) is 123 Å². The average Bonchev–Trinajstić information content (AvgIpc) is 3.95. The first-order valence-electron chi connectivity index (χ1n) is 19.8. The molecule has 0 unspecified atom stereocenters. The monoisotopic (exact) mass is 702 g/mol. The highest BCUT2D eigenvalue weighted by Gasteiger charge is 2.22. The van der Waals surface area contributed by atoms with E-state index in [4.69, 9.17) is 0 Å². The SMILES string of the molecule is C1=CC(n2c3c(c4cc(-c5ccc6c7ccccc7n(C7=CC=C(c8ccc9c(ccc%10c%11ccccc%11ccc9%10)c8)CC7)c6c5)ccc42)C=CC3)=CCC1. The first kappa shape index (κ1) is 30.8. The highest BCUT2D eigenvalue weighted by Crippen LogP contribution is 2.41. The molecule has 2 heteroatoms. The van der Waals surface area contributed by atoms with Crippen LogP contribution < -0.4 is 0 Å². The van der Waals surface area contributed by atoms with Crippen LogP contribution in [-0.2, 0) is 6.42 Å². The molecule has 0 amide bonds. The topological polar surface area (TPSA) is 9.86 Å². The van der Waals surface area contributed by atoms with Gasteiger partial charge in [0.15, 0.2) is 0 Å². The number of aromatic nitrogens is 2. The van der Waals surface area contributed by atoms with E-state index in [0.717, 1.165) is 32.1 Å². The molecule has 0 saturated heterocycles. The molecule has 55 heavy (non-hydrogen) atoms. The van der Waals surface area contributed by atoms with Crippen LogP contribution in [0.5, 0.6) is 0 Å². The lowest BCUT2D eigenvalue weighted by Gasteiger charge is -2.19. The van der Waals surface area contributed by atoms with Crippen LogP contribution in [0, 0.1) is 0 Å². The molecule has 0 fully saturated rings. The predicted octanol–water partition coefficient (Wildman–Crippen LogP) is 14.4. The highest BCUT2D eigenvalue weighted by atomic mass is 15.0. The Morgan fingerprint density at radius 3 is 2.04 bits per heavy atom. The molecule has 3 aliphatic carbocycles. The lowest BCUT2D eigenvalue weighted by Crippen LogP contribution is -2.01. The zero-order valence-electron chi connectivity index (χ0n) is 30.6. The van der Waals surface area contributed by atoms with E-state index in [1.54, 1.807) is 0 Å². The van der Waals surface area contributed by atoms with Gasteiger partial charge >= 0.3 is 0 Å². The number of nitrogens with zero attached hydrogens (tertiary/aromatic N) is 2. The molecular weight excluding hydrogens is 665 g/mol. The van der Waals surface area contributed by atoms with Crippen molar-refractivity contribution in [2.24, 2.45) is 0 Å². The smallest absolute Gasteiger partial charge is 0.0544 e. The molecule has 0 atom stereocenters. The Morgan fingerprint density at radius 1 is 0.436 bits per heavy atom. The van der Waals surface area contributed by atoms with E-state index < -0.39 is 0 Å². The summed E-state index contributed by atoms with van der Waals surface area (Å²) in [5.74, 6) is 0. The Morgan fingerprint density at radius 2 is 1.16 bits per heavy atom. The summed E-state index contributed by atoms with van der Waals surface area (Å²) in [5, 5.41) is 11.8. The normalized spacial score (nSPS) is 15.5. The fourth-order valence-corrected chi connectivity index (χ4v) is 9.82. The lowest BCUT2D eigenvalue weighted by atomic mass is 9.92. The maximum Gasteiger partial charge on any atom is 0.0544 e. The molecule has 0 aliphatic heterocycles. The molecule has 12 rings (SSSR count). The van der Waals surface area contributed by atoms with Gasteiger partial charge in [-0.3, -0.25) is 0 Å². The molecule has 2 nitrogen and oxygen atoms in total. The first-order chi connectivity index (χ1) is 27.3. The second-order valence-electron chi connectivity index (χ2n) is 15.5. The molecule has 9 aromatic rings. The molecule has 0 N–H and O–H groups in total. The molecule has 2 aromatic heterocycles. The summed E-state index contributed by atoms with van der Waals surface area (Å²) in [6, 6.07) is 48.0. The number of rotatable bonds is 4. The van der Waals surface area contributed by atoms with Gasteiger partial charge in [0.2, 0.25) is 0 Å². The van der Waals surface area contributed by atoms with Crippen LogP contribution in [0.3, 0.4) is 0 Å². The number of allylic oxidation sites excluding steroid dienone is 9. The van der Waals surface area contributed by atoms with Crippen molar-refractivity contribution in [2.45, 2.75) is 32.1 Å². The van der Waals surface area contributed by atoms with Gasteiger partial charge in [-0.1, -0.05) is 127 Å². The van der Waals surface area contributed by atoms with E-state index in [1.165, 1.54) is 110 Å². The zero-order chi connectivity index (χ0) is 36.0. The van der Waals surface area contributed by atoms with Crippen molar-refractivity contribution in [1.82, 2.24) is 9.13 Å². The summed E-state index contributed by atoms with van der Waals surface area (Å²) in [5.41, 5.74) is 14.5. The summed E-state index contributed by atoms with van der Waals surface area (Å²) in [6.45, 7) is 0. The molecule has 0 spiro atoms. The van der Waals surface area contributed by atoms with Gasteiger partial charge in [0, 0.05) is 45.2 Å². The molecule has 7 aromatic carbocycles. The number of fused-ring (bicyclic) bond motifs is 11. The predicted molar refractivity (Wildman–Crippen MR) is 236 cm³/mol. The molecule has 2 heterocycles. The maximum atomic E-state index is 2.52. The van der Waals surface area contributed by atoms with E-state index in [9.17, 15) is 0 Å². The second kappa shape index (κ2) is 11.9. The van der Waals surface area contributed by atoms with Gasteiger partial charge in [0.1, 0.15) is 0 Å². The van der Waals surface area contributed by atoms with Crippen LogP contribution in [0.1, 0.15) is 42.5 Å². The van der Waals surface area contributed by atoms with Crippen LogP contribution in [0.25, 0.3) is 99.2 Å². The van der Waals surface area contributed by atoms with Crippen LogP contribution in [0.15, 0.2) is 164 Å². The minimum atomic E-state index is 0.980. The summed E-state index contributed by atoms with van der Waals surface area (Å²) in [6.07, 6.45) is 21.6. The average molecular weight is 703 g/mol. The van der Waals surface area contributed by atoms with Crippen molar-refractivity contribution >= 4 is 88.1 Å².